The van der Waals surface area contributed by atoms with Crippen LogP contribution < -0.4 is 0 Å². The fourth-order valence-electron chi connectivity index (χ4n) is 1.98. The van der Waals surface area contributed by atoms with Crippen molar-refractivity contribution in [3.05, 3.63) is 69.0 Å². The molecule has 0 heterocycles. The van der Waals surface area contributed by atoms with Crippen LogP contribution in [0.2, 0.25) is 5.02 Å². The number of aliphatic hydroxyl groups excluding tert-OH is 1. The smallest absolute Gasteiger partial charge is 0.135 e. The maximum atomic E-state index is 13.7. The van der Waals surface area contributed by atoms with Gasteiger partial charge in [-0.2, -0.15) is 0 Å². The summed E-state index contributed by atoms with van der Waals surface area (Å²) >= 11 is 6.00. The third-order valence-corrected chi connectivity index (χ3v) is 3.55. The highest BCUT2D eigenvalue weighted by Gasteiger charge is 2.23. The van der Waals surface area contributed by atoms with Gasteiger partial charge in [0.1, 0.15) is 23.6 Å². The molecule has 1 N–H and O–H groups in total. The van der Waals surface area contributed by atoms with Crippen molar-refractivity contribution in [2.75, 3.05) is 0 Å². The summed E-state index contributed by atoms with van der Waals surface area (Å²) in [6.07, 6.45) is -1.60. The molecule has 1 nitrogen and oxygen atoms in total. The Morgan fingerprint density at radius 1 is 0.950 bits per heavy atom. The SMILES string of the molecule is Cc1cc(Cl)c(C(O)c2c(F)cc(F)cc2F)cc1C. The Hall–Kier alpha value is -1.52. The fraction of sp³-hybridized carbons (Fsp3) is 0.200. The number of hydrogen-bond donors (Lipinski definition) is 1. The van der Waals surface area contributed by atoms with Crippen molar-refractivity contribution in [1.82, 2.24) is 0 Å². The molecule has 2 aromatic carbocycles. The molecule has 0 amide bonds. The van der Waals surface area contributed by atoms with Crippen LogP contribution in [0.1, 0.15) is 28.4 Å². The number of benzene rings is 2. The van der Waals surface area contributed by atoms with E-state index in [4.69, 9.17) is 11.6 Å². The molecule has 1 atom stereocenters. The van der Waals surface area contributed by atoms with Crippen molar-refractivity contribution in [3.8, 4) is 0 Å². The minimum atomic E-state index is -1.60. The van der Waals surface area contributed by atoms with Crippen LogP contribution in [0.25, 0.3) is 0 Å². The van der Waals surface area contributed by atoms with Gasteiger partial charge < -0.3 is 5.11 Å². The van der Waals surface area contributed by atoms with E-state index in [0.29, 0.717) is 12.1 Å². The Labute approximate surface area is 119 Å². The number of rotatable bonds is 2. The van der Waals surface area contributed by atoms with E-state index in [2.05, 4.69) is 0 Å². The first-order valence-electron chi connectivity index (χ1n) is 5.90. The summed E-state index contributed by atoms with van der Waals surface area (Å²) in [5.41, 5.74) is 1.29. The molecule has 2 rings (SSSR count). The summed E-state index contributed by atoms with van der Waals surface area (Å²) in [5, 5.41) is 10.4. The molecule has 0 aliphatic rings. The molecule has 0 radical (unpaired) electrons. The maximum absolute atomic E-state index is 13.7. The largest absolute Gasteiger partial charge is 0.383 e. The summed E-state index contributed by atoms with van der Waals surface area (Å²) in [4.78, 5) is 0. The lowest BCUT2D eigenvalue weighted by Crippen LogP contribution is -2.08. The number of aryl methyl sites for hydroxylation is 2. The zero-order chi connectivity index (χ0) is 15.0. The summed E-state index contributed by atoms with van der Waals surface area (Å²) < 4.78 is 40.2. The van der Waals surface area contributed by atoms with Gasteiger partial charge in [0.15, 0.2) is 0 Å². The zero-order valence-corrected chi connectivity index (χ0v) is 11.6. The van der Waals surface area contributed by atoms with Crippen LogP contribution in [-0.2, 0) is 0 Å². The molecule has 5 heteroatoms. The highest BCUT2D eigenvalue weighted by Crippen LogP contribution is 2.33. The average molecular weight is 301 g/mol. The van der Waals surface area contributed by atoms with Crippen LogP contribution in [0.3, 0.4) is 0 Å². The number of hydrogen-bond acceptors (Lipinski definition) is 1. The monoisotopic (exact) mass is 300 g/mol. The highest BCUT2D eigenvalue weighted by molar-refractivity contribution is 6.31. The quantitative estimate of drug-likeness (QED) is 0.868. The van der Waals surface area contributed by atoms with E-state index in [1.165, 1.54) is 0 Å². The topological polar surface area (TPSA) is 20.2 Å². The van der Waals surface area contributed by atoms with Crippen molar-refractivity contribution in [3.63, 3.8) is 0 Å². The van der Waals surface area contributed by atoms with Crippen molar-refractivity contribution in [1.29, 1.82) is 0 Å². The number of halogens is 4. The average Bonchev–Trinajstić information content (AvgIpc) is 2.32. The van der Waals surface area contributed by atoms with Crippen molar-refractivity contribution >= 4 is 11.6 Å². The third kappa shape index (κ3) is 2.67. The van der Waals surface area contributed by atoms with Gasteiger partial charge in [0.05, 0.1) is 5.56 Å². The van der Waals surface area contributed by atoms with Gasteiger partial charge >= 0.3 is 0 Å². The standard InChI is InChI=1S/C15H12ClF3O/c1-7-3-10(11(16)4-8(7)2)15(20)14-12(18)5-9(17)6-13(14)19/h3-6,15,20H,1-2H3. The van der Waals surface area contributed by atoms with Crippen molar-refractivity contribution in [2.45, 2.75) is 20.0 Å². The molecule has 0 aliphatic heterocycles. The Morgan fingerprint density at radius 2 is 1.45 bits per heavy atom. The van der Waals surface area contributed by atoms with E-state index in [9.17, 15) is 18.3 Å². The lowest BCUT2D eigenvalue weighted by atomic mass is 9.97. The van der Waals surface area contributed by atoms with Gasteiger partial charge in [0.25, 0.3) is 0 Å². The minimum Gasteiger partial charge on any atom is -0.383 e. The van der Waals surface area contributed by atoms with Crippen molar-refractivity contribution in [2.24, 2.45) is 0 Å². The first kappa shape index (κ1) is 14.9. The molecule has 20 heavy (non-hydrogen) atoms. The van der Waals surface area contributed by atoms with Crippen LogP contribution in [0, 0.1) is 31.3 Å². The fourth-order valence-corrected chi connectivity index (χ4v) is 2.30. The van der Waals surface area contributed by atoms with Gasteiger partial charge in [-0.15, -0.1) is 0 Å². The van der Waals surface area contributed by atoms with Gasteiger partial charge in [0, 0.05) is 22.7 Å². The Balaban J connectivity index is 2.57. The Morgan fingerprint density at radius 3 is 2.00 bits per heavy atom. The molecule has 2 aromatic rings. The first-order chi connectivity index (χ1) is 9.31. The molecular formula is C15H12ClF3O. The van der Waals surface area contributed by atoms with Crippen LogP contribution in [-0.4, -0.2) is 5.11 Å². The summed E-state index contributed by atoms with van der Waals surface area (Å²) in [7, 11) is 0. The summed E-state index contributed by atoms with van der Waals surface area (Å²) in [6, 6.07) is 4.21. The van der Waals surface area contributed by atoms with Crippen LogP contribution in [0.5, 0.6) is 0 Å². The minimum absolute atomic E-state index is 0.180. The molecule has 0 saturated heterocycles. The molecular weight excluding hydrogens is 289 g/mol. The van der Waals surface area contributed by atoms with Crippen molar-refractivity contribution < 1.29 is 18.3 Å². The van der Waals surface area contributed by atoms with E-state index in [1.807, 2.05) is 6.92 Å². The van der Waals surface area contributed by atoms with Gasteiger partial charge in [-0.3, -0.25) is 0 Å². The predicted octanol–water partition coefficient (Wildman–Crippen LogP) is 4.46. The predicted molar refractivity (Wildman–Crippen MR) is 71.3 cm³/mol. The van der Waals surface area contributed by atoms with E-state index >= 15 is 0 Å². The summed E-state index contributed by atoms with van der Waals surface area (Å²) in [5.74, 6) is -3.34. The van der Waals surface area contributed by atoms with E-state index < -0.39 is 29.1 Å². The molecule has 0 spiro atoms. The second-order valence-electron chi connectivity index (χ2n) is 4.64. The number of aliphatic hydroxyl groups is 1. The molecule has 0 saturated carbocycles. The Bertz CT molecular complexity index is 647. The molecule has 1 unspecified atom stereocenters. The second-order valence-corrected chi connectivity index (χ2v) is 5.05. The zero-order valence-electron chi connectivity index (χ0n) is 10.8. The first-order valence-corrected chi connectivity index (χ1v) is 6.28. The second kappa shape index (κ2) is 5.46. The maximum Gasteiger partial charge on any atom is 0.135 e. The molecule has 0 aliphatic carbocycles. The Kier molecular flexibility index (Phi) is 4.06. The van der Waals surface area contributed by atoms with Crippen LogP contribution in [0.15, 0.2) is 24.3 Å². The molecule has 0 fully saturated rings. The van der Waals surface area contributed by atoms with E-state index in [-0.39, 0.29) is 10.6 Å². The summed E-state index contributed by atoms with van der Waals surface area (Å²) in [6.45, 7) is 3.62. The molecule has 106 valence electrons. The van der Waals surface area contributed by atoms with Gasteiger partial charge in [-0.05, 0) is 31.0 Å². The van der Waals surface area contributed by atoms with Crippen LogP contribution >= 0.6 is 11.6 Å². The van der Waals surface area contributed by atoms with Gasteiger partial charge in [0.2, 0.25) is 0 Å². The lowest BCUT2D eigenvalue weighted by Gasteiger charge is -2.16. The van der Waals surface area contributed by atoms with Gasteiger partial charge in [-0.25, -0.2) is 13.2 Å². The van der Waals surface area contributed by atoms with Crippen LogP contribution in [0.4, 0.5) is 13.2 Å². The highest BCUT2D eigenvalue weighted by atomic mass is 35.5. The lowest BCUT2D eigenvalue weighted by molar-refractivity contribution is 0.208. The molecule has 0 aromatic heterocycles. The normalized spacial score (nSPS) is 12.6. The third-order valence-electron chi connectivity index (χ3n) is 3.22. The molecule has 0 bridgehead atoms. The van der Waals surface area contributed by atoms with Gasteiger partial charge in [-0.1, -0.05) is 17.7 Å². The van der Waals surface area contributed by atoms with E-state index in [0.717, 1.165) is 11.1 Å². The van der Waals surface area contributed by atoms with E-state index in [1.54, 1.807) is 19.1 Å².